The van der Waals surface area contributed by atoms with E-state index in [2.05, 4.69) is 22.2 Å². The largest absolute Gasteiger partial charge is 0.341 e. The Morgan fingerprint density at radius 3 is 2.73 bits per heavy atom. The number of imidazole rings is 1. The van der Waals surface area contributed by atoms with Crippen LogP contribution in [0.3, 0.4) is 0 Å². The van der Waals surface area contributed by atoms with Crippen LogP contribution >= 0.6 is 11.8 Å². The molecular weight excluding hydrogens is 344 g/mol. The Bertz CT molecular complexity index is 762. The first-order valence-electron chi connectivity index (χ1n) is 9.69. The quantitative estimate of drug-likeness (QED) is 0.812. The summed E-state index contributed by atoms with van der Waals surface area (Å²) < 4.78 is 2.10. The third-order valence-corrected chi connectivity index (χ3v) is 6.09. The summed E-state index contributed by atoms with van der Waals surface area (Å²) in [5.41, 5.74) is 2.04. The molecule has 1 aliphatic carbocycles. The summed E-state index contributed by atoms with van der Waals surface area (Å²) in [6, 6.07) is 8.69. The number of hydrogen-bond donors (Lipinski definition) is 1. The third-order valence-electron chi connectivity index (χ3n) is 5.54. The zero-order valence-corrected chi connectivity index (χ0v) is 16.3. The molecule has 2 aromatic rings. The molecule has 6 heteroatoms. The first-order chi connectivity index (χ1) is 12.7. The highest BCUT2D eigenvalue weighted by Crippen LogP contribution is 2.28. The molecule has 1 saturated heterocycles. The van der Waals surface area contributed by atoms with Gasteiger partial charge in [-0.3, -0.25) is 4.79 Å². The number of hydrogen-bond acceptors (Lipinski definition) is 4. The fourth-order valence-electron chi connectivity index (χ4n) is 3.76. The van der Waals surface area contributed by atoms with Crippen LogP contribution in [0.25, 0.3) is 11.0 Å². The van der Waals surface area contributed by atoms with Crippen molar-refractivity contribution < 1.29 is 4.79 Å². The van der Waals surface area contributed by atoms with Gasteiger partial charge in [-0.05, 0) is 56.5 Å². The number of nitrogens with one attached hydrogen (secondary N) is 1. The number of nitrogens with zero attached hydrogens (tertiary/aromatic N) is 3. The fourth-order valence-corrected chi connectivity index (χ4v) is 4.24. The van der Waals surface area contributed by atoms with Gasteiger partial charge in [0, 0.05) is 19.1 Å². The van der Waals surface area contributed by atoms with Crippen molar-refractivity contribution in [1.29, 1.82) is 0 Å². The second-order valence-corrected chi connectivity index (χ2v) is 8.41. The Hall–Kier alpha value is -1.53. The van der Waals surface area contributed by atoms with Crippen LogP contribution in [0.4, 0.5) is 0 Å². The summed E-state index contributed by atoms with van der Waals surface area (Å²) in [7, 11) is 0. The topological polar surface area (TPSA) is 50.2 Å². The maximum absolute atomic E-state index is 12.9. The highest BCUT2D eigenvalue weighted by Gasteiger charge is 2.26. The van der Waals surface area contributed by atoms with Gasteiger partial charge >= 0.3 is 0 Å². The number of thioether (sulfide) groups is 1. The van der Waals surface area contributed by atoms with Crippen LogP contribution in [-0.2, 0) is 17.1 Å². The second-order valence-electron chi connectivity index (χ2n) is 7.54. The molecule has 1 aliphatic heterocycles. The van der Waals surface area contributed by atoms with E-state index >= 15 is 0 Å². The minimum absolute atomic E-state index is 0.219. The van der Waals surface area contributed by atoms with Gasteiger partial charge in [0.1, 0.15) is 12.4 Å². The van der Waals surface area contributed by atoms with Gasteiger partial charge in [-0.25, -0.2) is 4.98 Å². The number of likely N-dealkylation sites (tertiary alicyclic amines) is 1. The van der Waals surface area contributed by atoms with E-state index in [4.69, 9.17) is 4.98 Å². The monoisotopic (exact) mass is 372 g/mol. The van der Waals surface area contributed by atoms with Crippen LogP contribution < -0.4 is 5.32 Å². The van der Waals surface area contributed by atoms with E-state index in [0.29, 0.717) is 12.6 Å². The number of aromatic nitrogens is 2. The summed E-state index contributed by atoms with van der Waals surface area (Å²) in [5, 5.41) is 3.68. The SMILES string of the molecule is CSCc1nc2ccccc2n1CC(=O)N1CCC(NCC2CC2)CC1. The van der Waals surface area contributed by atoms with Crippen molar-refractivity contribution in [3.05, 3.63) is 30.1 Å². The standard InChI is InChI=1S/C20H28N4OS/c1-26-14-19-22-17-4-2-3-5-18(17)24(19)13-20(25)23-10-8-16(9-11-23)21-12-15-6-7-15/h2-5,15-16,21H,6-14H2,1H3. The number of fused-ring (bicyclic) bond motifs is 1. The van der Waals surface area contributed by atoms with Gasteiger partial charge in [-0.2, -0.15) is 11.8 Å². The van der Waals surface area contributed by atoms with Crippen molar-refractivity contribution in [2.24, 2.45) is 5.92 Å². The lowest BCUT2D eigenvalue weighted by Gasteiger charge is -2.33. The molecule has 26 heavy (non-hydrogen) atoms. The number of carbonyl (C=O) groups is 1. The molecule has 4 rings (SSSR count). The van der Waals surface area contributed by atoms with Gasteiger partial charge in [0.25, 0.3) is 0 Å². The van der Waals surface area contributed by atoms with Crippen LogP contribution in [0.2, 0.25) is 0 Å². The molecule has 2 fully saturated rings. The molecule has 1 saturated carbocycles. The fraction of sp³-hybridized carbons (Fsp3) is 0.600. The highest BCUT2D eigenvalue weighted by atomic mass is 32.2. The van der Waals surface area contributed by atoms with Gasteiger partial charge in [-0.1, -0.05) is 12.1 Å². The third kappa shape index (κ3) is 4.07. The zero-order valence-electron chi connectivity index (χ0n) is 15.5. The Labute approximate surface area is 159 Å². The number of rotatable bonds is 7. The molecule has 1 aromatic heterocycles. The van der Waals surface area contributed by atoms with E-state index in [1.807, 2.05) is 23.1 Å². The number of carbonyl (C=O) groups excluding carboxylic acids is 1. The molecular formula is C20H28N4OS. The molecule has 0 spiro atoms. The molecule has 0 bridgehead atoms. The molecule has 0 radical (unpaired) electrons. The van der Waals surface area contributed by atoms with Crippen molar-refractivity contribution in [3.8, 4) is 0 Å². The second kappa shape index (κ2) is 8.01. The van der Waals surface area contributed by atoms with Crippen molar-refractivity contribution in [3.63, 3.8) is 0 Å². The smallest absolute Gasteiger partial charge is 0.242 e. The van der Waals surface area contributed by atoms with E-state index in [9.17, 15) is 4.79 Å². The van der Waals surface area contributed by atoms with Crippen LogP contribution in [-0.4, -0.2) is 52.3 Å². The van der Waals surface area contributed by atoms with Crippen molar-refractivity contribution in [2.45, 2.75) is 44.0 Å². The molecule has 0 atom stereocenters. The summed E-state index contributed by atoms with van der Waals surface area (Å²) in [5.74, 6) is 2.96. The molecule has 2 heterocycles. The molecule has 1 N–H and O–H groups in total. The molecule has 2 aliphatic rings. The van der Waals surface area contributed by atoms with Crippen LogP contribution in [0.5, 0.6) is 0 Å². The minimum Gasteiger partial charge on any atom is -0.341 e. The van der Waals surface area contributed by atoms with Gasteiger partial charge in [0.15, 0.2) is 0 Å². The van der Waals surface area contributed by atoms with E-state index in [1.54, 1.807) is 11.8 Å². The molecule has 1 aromatic carbocycles. The van der Waals surface area contributed by atoms with Gasteiger partial charge in [-0.15, -0.1) is 0 Å². The number of para-hydroxylation sites is 2. The maximum atomic E-state index is 12.9. The molecule has 0 unspecified atom stereocenters. The maximum Gasteiger partial charge on any atom is 0.242 e. The van der Waals surface area contributed by atoms with Crippen LogP contribution in [0, 0.1) is 5.92 Å². The van der Waals surface area contributed by atoms with E-state index < -0.39 is 0 Å². The van der Waals surface area contributed by atoms with Crippen molar-refractivity contribution in [2.75, 3.05) is 25.9 Å². The van der Waals surface area contributed by atoms with Gasteiger partial charge < -0.3 is 14.8 Å². The number of benzene rings is 1. The lowest BCUT2D eigenvalue weighted by atomic mass is 10.0. The van der Waals surface area contributed by atoms with Crippen molar-refractivity contribution in [1.82, 2.24) is 19.8 Å². The lowest BCUT2D eigenvalue weighted by molar-refractivity contribution is -0.132. The first-order valence-corrected chi connectivity index (χ1v) is 11.1. The van der Waals surface area contributed by atoms with Crippen LogP contribution in [0.1, 0.15) is 31.5 Å². The van der Waals surface area contributed by atoms with E-state index in [-0.39, 0.29) is 5.91 Å². The Morgan fingerprint density at radius 1 is 1.23 bits per heavy atom. The zero-order chi connectivity index (χ0) is 17.9. The molecule has 1 amide bonds. The Morgan fingerprint density at radius 2 is 2.00 bits per heavy atom. The summed E-state index contributed by atoms with van der Waals surface area (Å²) in [6.07, 6.45) is 7.00. The lowest BCUT2D eigenvalue weighted by Crippen LogP contribution is -2.46. The van der Waals surface area contributed by atoms with E-state index in [0.717, 1.165) is 61.0 Å². The van der Waals surface area contributed by atoms with Gasteiger partial charge in [0.05, 0.1) is 16.8 Å². The molecule has 140 valence electrons. The average molecular weight is 373 g/mol. The summed E-state index contributed by atoms with van der Waals surface area (Å²) >= 11 is 1.74. The highest BCUT2D eigenvalue weighted by molar-refractivity contribution is 7.97. The average Bonchev–Trinajstić information content (AvgIpc) is 3.44. The van der Waals surface area contributed by atoms with Gasteiger partial charge in [0.2, 0.25) is 5.91 Å². The normalized spacial score (nSPS) is 18.6. The predicted octanol–water partition coefficient (Wildman–Crippen LogP) is 2.89. The number of piperidine rings is 1. The molecule has 5 nitrogen and oxygen atoms in total. The number of amides is 1. The summed E-state index contributed by atoms with van der Waals surface area (Å²) in [6.45, 7) is 3.30. The predicted molar refractivity (Wildman–Crippen MR) is 107 cm³/mol. The van der Waals surface area contributed by atoms with Crippen molar-refractivity contribution >= 4 is 28.7 Å². The Kier molecular flexibility index (Phi) is 5.50. The van der Waals surface area contributed by atoms with Crippen LogP contribution in [0.15, 0.2) is 24.3 Å². The first kappa shape index (κ1) is 17.9. The Balaban J connectivity index is 1.38. The summed E-state index contributed by atoms with van der Waals surface area (Å²) in [4.78, 5) is 19.7. The van der Waals surface area contributed by atoms with E-state index in [1.165, 1.54) is 12.8 Å². The minimum atomic E-state index is 0.219.